The highest BCUT2D eigenvalue weighted by atomic mass is 32.1. The first-order chi connectivity index (χ1) is 30.2. The Kier molecular flexibility index (Phi) is 16.4. The van der Waals surface area contributed by atoms with Gasteiger partial charge in [-0.3, -0.25) is 9.59 Å². The van der Waals surface area contributed by atoms with Crippen LogP contribution >= 0.6 is 11.3 Å². The number of cyclic esters (lactones) is 1. The summed E-state index contributed by atoms with van der Waals surface area (Å²) in [6, 6.07) is 8.80. The molecule has 0 spiro atoms. The molecular weight excluding hydrogens is 821 g/mol. The van der Waals surface area contributed by atoms with Gasteiger partial charge in [0.1, 0.15) is 17.2 Å². The van der Waals surface area contributed by atoms with Crippen LogP contribution in [0.1, 0.15) is 120 Å². The molecular formula is C50H74N2O10S. The fourth-order valence-electron chi connectivity index (χ4n) is 11.2. The number of benzene rings is 1. The number of esters is 1. The van der Waals surface area contributed by atoms with Gasteiger partial charge in [0.2, 0.25) is 0 Å². The summed E-state index contributed by atoms with van der Waals surface area (Å²) in [6.07, 6.45) is 5.81. The van der Waals surface area contributed by atoms with E-state index in [2.05, 4.69) is 70.1 Å². The third-order valence-corrected chi connectivity index (χ3v) is 16.2. The summed E-state index contributed by atoms with van der Waals surface area (Å²) >= 11 is 1.75. The van der Waals surface area contributed by atoms with Crippen molar-refractivity contribution in [3.63, 3.8) is 0 Å². The van der Waals surface area contributed by atoms with Crippen LogP contribution in [0.5, 0.6) is 0 Å². The van der Waals surface area contributed by atoms with Gasteiger partial charge in [-0.15, -0.1) is 11.3 Å². The second-order valence-electron chi connectivity index (χ2n) is 19.2. The Bertz CT molecular complexity index is 1890. The van der Waals surface area contributed by atoms with Gasteiger partial charge in [-0.1, -0.05) is 43.7 Å². The molecule has 7 rings (SSSR count). The number of carbonyl (C=O) groups excluding carboxylic acids is 2. The maximum absolute atomic E-state index is 15.3. The number of hydrogen-bond donors (Lipinski definition) is 0. The van der Waals surface area contributed by atoms with Crippen LogP contribution in [0, 0.1) is 30.6 Å². The van der Waals surface area contributed by atoms with Crippen molar-refractivity contribution in [1.82, 2.24) is 9.88 Å². The first kappa shape index (κ1) is 48.3. The van der Waals surface area contributed by atoms with E-state index in [0.29, 0.717) is 24.6 Å². The van der Waals surface area contributed by atoms with Crippen LogP contribution in [0.2, 0.25) is 0 Å². The molecule has 350 valence electrons. The number of Topliss-reactive ketones (excluding diaryl/α,β-unsaturated/α-hetero) is 1. The number of aromatic nitrogens is 1. The molecule has 2 saturated heterocycles. The van der Waals surface area contributed by atoms with Gasteiger partial charge in [0.05, 0.1) is 49.2 Å². The normalized spacial score (nSPS) is 34.4. The molecule has 3 unspecified atom stereocenters. The van der Waals surface area contributed by atoms with Gasteiger partial charge >= 0.3 is 5.97 Å². The monoisotopic (exact) mass is 895 g/mol. The molecule has 2 aromatic rings. The number of likely N-dealkylation sites (N-methyl/N-ethyl adjacent to an activating group) is 1. The standard InChI is InChI=1S/C50H74N2O10S/c1-12-33-17-14-18-41(62-44-20-19-40(52(7)8)31(6)58-44)28(3)47(54)38-24-36-35-22-34(61-50(42(57-11)26-55-9)59-30(5)29(4)56-10)23-39(35)48-46(45(36)37(38)25-43(53)60-33)51-49(63-48)32-16-13-15-27(2)21-32/h13,15-16,21,24,28-31,33-37,39-42,44-45,50H,12,14,17-20,22-23,25-26H2,1-11H3/t28-,29-,30?,31?,33+,34+,35+,36+,37-,39-,40+,41+,42+,44+,45-,50?/m1/s1. The second kappa shape index (κ2) is 21.4. The highest BCUT2D eigenvalue weighted by molar-refractivity contribution is 7.15. The zero-order valence-corrected chi connectivity index (χ0v) is 40.4. The van der Waals surface area contributed by atoms with Crippen LogP contribution in [0.4, 0.5) is 0 Å². The molecule has 0 N–H and O–H groups in total. The lowest BCUT2D eigenvalue weighted by molar-refractivity contribution is -0.255. The minimum Gasteiger partial charge on any atom is -0.462 e. The van der Waals surface area contributed by atoms with Gasteiger partial charge in [0.15, 0.2) is 18.4 Å². The molecule has 0 amide bonds. The van der Waals surface area contributed by atoms with Gasteiger partial charge in [-0.2, -0.15) is 0 Å². The smallest absolute Gasteiger partial charge is 0.306 e. The molecule has 3 fully saturated rings. The molecule has 16 atom stereocenters. The topological polar surface area (TPSA) is 124 Å². The maximum Gasteiger partial charge on any atom is 0.306 e. The van der Waals surface area contributed by atoms with E-state index in [0.717, 1.165) is 66.8 Å². The summed E-state index contributed by atoms with van der Waals surface area (Å²) < 4.78 is 50.2. The van der Waals surface area contributed by atoms with Crippen molar-refractivity contribution in [1.29, 1.82) is 0 Å². The predicted molar refractivity (Wildman–Crippen MR) is 243 cm³/mol. The Morgan fingerprint density at radius 2 is 1.78 bits per heavy atom. The van der Waals surface area contributed by atoms with E-state index in [1.165, 1.54) is 4.88 Å². The summed E-state index contributed by atoms with van der Waals surface area (Å²) in [5.74, 6) is -0.952. The Morgan fingerprint density at radius 3 is 2.46 bits per heavy atom. The van der Waals surface area contributed by atoms with Gasteiger partial charge in [0, 0.05) is 61.5 Å². The molecule has 63 heavy (non-hydrogen) atoms. The Labute approximate surface area is 380 Å². The van der Waals surface area contributed by atoms with Crippen molar-refractivity contribution in [3.05, 3.63) is 52.0 Å². The van der Waals surface area contributed by atoms with Crippen molar-refractivity contribution >= 4 is 23.1 Å². The average molecular weight is 895 g/mol. The van der Waals surface area contributed by atoms with Crippen LogP contribution in [0.3, 0.4) is 0 Å². The van der Waals surface area contributed by atoms with E-state index in [4.69, 9.17) is 42.9 Å². The minimum atomic E-state index is -0.699. The average Bonchev–Trinajstić information content (AvgIpc) is 3.99. The quantitative estimate of drug-likeness (QED) is 0.126. The molecule has 12 nitrogen and oxygen atoms in total. The number of fused-ring (bicyclic) bond motifs is 8. The van der Waals surface area contributed by atoms with Crippen LogP contribution in [0.25, 0.3) is 10.6 Å². The molecule has 3 heterocycles. The van der Waals surface area contributed by atoms with Crippen LogP contribution < -0.4 is 0 Å². The van der Waals surface area contributed by atoms with E-state index < -0.39 is 18.3 Å². The molecule has 5 aliphatic rings. The van der Waals surface area contributed by atoms with Gasteiger partial charge in [-0.05, 0) is 117 Å². The molecule has 0 radical (unpaired) electrons. The zero-order valence-electron chi connectivity index (χ0n) is 39.6. The number of hydrogen-bond acceptors (Lipinski definition) is 13. The lowest BCUT2D eigenvalue weighted by Gasteiger charge is -2.40. The number of ketones is 1. The van der Waals surface area contributed by atoms with Crippen LogP contribution in [-0.4, -0.2) is 125 Å². The predicted octanol–water partition coefficient (Wildman–Crippen LogP) is 8.64. The third kappa shape index (κ3) is 10.7. The summed E-state index contributed by atoms with van der Waals surface area (Å²) in [4.78, 5) is 38.3. The van der Waals surface area contributed by atoms with E-state index in [1.54, 1.807) is 32.7 Å². The number of aryl methyl sites for hydroxylation is 1. The van der Waals surface area contributed by atoms with E-state index in [1.807, 2.05) is 20.8 Å². The minimum absolute atomic E-state index is 0.00798. The number of thiazole rings is 1. The molecule has 3 aliphatic carbocycles. The van der Waals surface area contributed by atoms with Crippen LogP contribution in [0.15, 0.2) is 35.9 Å². The van der Waals surface area contributed by atoms with Crippen molar-refractivity contribution in [2.45, 2.75) is 173 Å². The van der Waals surface area contributed by atoms with Crippen LogP contribution in [-0.2, 0) is 47.5 Å². The summed E-state index contributed by atoms with van der Waals surface area (Å²) in [7, 11) is 9.16. The van der Waals surface area contributed by atoms with Crippen molar-refractivity contribution in [2.75, 3.05) is 42.0 Å². The molecule has 2 aliphatic heterocycles. The number of carbonyl (C=O) groups is 2. The Morgan fingerprint density at radius 1 is 0.984 bits per heavy atom. The van der Waals surface area contributed by atoms with Crippen molar-refractivity contribution in [3.8, 4) is 10.6 Å². The highest BCUT2D eigenvalue weighted by Crippen LogP contribution is 2.63. The maximum atomic E-state index is 15.3. The second-order valence-corrected chi connectivity index (χ2v) is 20.2. The number of nitrogens with zero attached hydrogens (tertiary/aromatic N) is 2. The SMILES string of the molecule is CC[C@H]1CCC[C@H](O[C@H]2CC[C@H](N(C)C)C(C)O2)[C@@H](C)C(=O)C2=C[C@H]3[C@@H]4C[C@H](OC(OC(C)[C@@H](C)OC)[C@H](COC)OC)C[C@H]4c4sc(-c5cccc(C)c5)nc4[C@H]3[C@@H]2CC(=O)O1. The first-order valence-electron chi connectivity index (χ1n) is 23.6. The van der Waals surface area contributed by atoms with Crippen molar-refractivity contribution in [2.24, 2.45) is 23.7 Å². The highest BCUT2D eigenvalue weighted by Gasteiger charge is 2.56. The number of methoxy groups -OCH3 is 3. The van der Waals surface area contributed by atoms with Gasteiger partial charge in [0.25, 0.3) is 0 Å². The fourth-order valence-corrected chi connectivity index (χ4v) is 12.5. The Hall–Kier alpha value is -2.59. The molecule has 1 aromatic carbocycles. The third-order valence-electron chi connectivity index (χ3n) is 14.9. The van der Waals surface area contributed by atoms with Gasteiger partial charge < -0.3 is 42.8 Å². The summed E-state index contributed by atoms with van der Waals surface area (Å²) in [6.45, 7) is 12.6. The first-order valence-corrected chi connectivity index (χ1v) is 24.4. The lowest BCUT2D eigenvalue weighted by atomic mass is 9.67. The van der Waals surface area contributed by atoms with E-state index in [-0.39, 0.29) is 90.7 Å². The molecule has 0 bridgehead atoms. The van der Waals surface area contributed by atoms with Crippen molar-refractivity contribution < 1.29 is 47.5 Å². The molecule has 13 heteroatoms. The fraction of sp³-hybridized carbons (Fsp3) is 0.740. The largest absolute Gasteiger partial charge is 0.462 e. The number of rotatable bonds is 15. The molecule has 1 aromatic heterocycles. The number of allylic oxidation sites excluding steroid dienone is 2. The molecule has 1 saturated carbocycles. The summed E-state index contributed by atoms with van der Waals surface area (Å²) in [5.41, 5.74) is 3.95. The van der Waals surface area contributed by atoms with E-state index in [9.17, 15) is 4.79 Å². The number of ether oxygens (including phenoxy) is 8. The summed E-state index contributed by atoms with van der Waals surface area (Å²) in [5, 5.41) is 0.956. The van der Waals surface area contributed by atoms with E-state index >= 15 is 4.79 Å². The zero-order chi connectivity index (χ0) is 45.1. The van der Waals surface area contributed by atoms with Gasteiger partial charge in [-0.25, -0.2) is 4.98 Å². The Balaban J connectivity index is 1.25. The lowest BCUT2D eigenvalue weighted by Crippen LogP contribution is -2.47.